The van der Waals surface area contributed by atoms with E-state index in [-0.39, 0.29) is 29.4 Å². The molecule has 1 aromatic heterocycles. The van der Waals surface area contributed by atoms with Gasteiger partial charge in [-0.15, -0.1) is 18.3 Å². The molecule has 8 nitrogen and oxygen atoms in total. The highest BCUT2D eigenvalue weighted by atomic mass is 32.2. The smallest absolute Gasteiger partial charge is 0.406 e. The molecule has 5 rings (SSSR count). The Morgan fingerprint density at radius 3 is 2.51 bits per heavy atom. The second-order valence-electron chi connectivity index (χ2n) is 11.6. The standard InChI is InChI=1S/C34H36F4N6O2S/c1-22(2)29-20-26(35)11-16-30(29)43-18-5-19-47-33(43)41-32(45)39-17-4-6-23(3)24-7-9-25(10-8-24)31-40-21-44(42-31)27-12-14-28(15-13-27)46-34(36,37)38/h7-16,20-23H,4-6,17-19H2,1-3H3,(H,39,45). The zero-order valence-electron chi connectivity index (χ0n) is 26.3. The Bertz CT molecular complexity index is 1690. The molecule has 3 aromatic carbocycles. The molecule has 0 bridgehead atoms. The van der Waals surface area contributed by atoms with Crippen molar-refractivity contribution in [3.8, 4) is 22.8 Å². The number of aromatic nitrogens is 3. The third kappa shape index (κ3) is 9.12. The van der Waals surface area contributed by atoms with E-state index >= 15 is 0 Å². The van der Waals surface area contributed by atoms with Gasteiger partial charge in [0.25, 0.3) is 0 Å². The zero-order chi connectivity index (χ0) is 33.6. The Kier molecular flexibility index (Phi) is 10.8. The third-order valence-electron chi connectivity index (χ3n) is 7.74. The van der Waals surface area contributed by atoms with Crippen molar-refractivity contribution in [3.05, 3.63) is 90.0 Å². The minimum absolute atomic E-state index is 0.126. The minimum Gasteiger partial charge on any atom is -0.406 e. The van der Waals surface area contributed by atoms with Gasteiger partial charge in [-0.1, -0.05) is 56.8 Å². The number of urea groups is 1. The van der Waals surface area contributed by atoms with Gasteiger partial charge in [0.2, 0.25) is 0 Å². The fraction of sp³-hybridized carbons (Fsp3) is 0.353. The lowest BCUT2D eigenvalue weighted by molar-refractivity contribution is -0.274. The van der Waals surface area contributed by atoms with Crippen molar-refractivity contribution in [1.82, 2.24) is 20.1 Å². The Balaban J connectivity index is 1.12. The van der Waals surface area contributed by atoms with Crippen LogP contribution in [0.3, 0.4) is 0 Å². The van der Waals surface area contributed by atoms with Gasteiger partial charge in [0.15, 0.2) is 11.0 Å². The van der Waals surface area contributed by atoms with Crippen LogP contribution in [0.25, 0.3) is 17.1 Å². The molecule has 47 heavy (non-hydrogen) atoms. The molecule has 0 spiro atoms. The van der Waals surface area contributed by atoms with Crippen LogP contribution in [-0.2, 0) is 0 Å². The van der Waals surface area contributed by atoms with Crippen molar-refractivity contribution < 1.29 is 27.1 Å². The van der Waals surface area contributed by atoms with Crippen molar-refractivity contribution in [2.24, 2.45) is 4.99 Å². The summed E-state index contributed by atoms with van der Waals surface area (Å²) in [5.41, 5.74) is 4.26. The van der Waals surface area contributed by atoms with Gasteiger partial charge in [0.1, 0.15) is 17.9 Å². The molecule has 2 amide bonds. The maximum absolute atomic E-state index is 14.0. The summed E-state index contributed by atoms with van der Waals surface area (Å²) < 4.78 is 56.6. The Labute approximate surface area is 275 Å². The van der Waals surface area contributed by atoms with E-state index in [4.69, 9.17) is 0 Å². The molecule has 2 heterocycles. The lowest BCUT2D eigenvalue weighted by atomic mass is 9.95. The molecule has 0 radical (unpaired) electrons. The summed E-state index contributed by atoms with van der Waals surface area (Å²) in [4.78, 5) is 23.5. The number of amidine groups is 1. The quantitative estimate of drug-likeness (QED) is 0.135. The normalized spacial score (nSPS) is 15.2. The number of carbonyl (C=O) groups is 1. The van der Waals surface area contributed by atoms with E-state index in [2.05, 4.69) is 32.1 Å². The molecule has 1 aliphatic rings. The predicted octanol–water partition coefficient (Wildman–Crippen LogP) is 8.69. The fourth-order valence-corrected chi connectivity index (χ4v) is 6.24. The van der Waals surface area contributed by atoms with E-state index in [0.29, 0.717) is 23.2 Å². The summed E-state index contributed by atoms with van der Waals surface area (Å²) in [5.74, 6) is 1.14. The van der Waals surface area contributed by atoms with E-state index in [0.717, 1.165) is 53.9 Å². The number of aliphatic imine (C=N–C) groups is 1. The molecular formula is C34H36F4N6O2S. The highest BCUT2D eigenvalue weighted by Gasteiger charge is 2.31. The average Bonchev–Trinajstić information content (AvgIpc) is 3.53. The van der Waals surface area contributed by atoms with Gasteiger partial charge in [-0.25, -0.2) is 18.9 Å². The molecule has 1 saturated heterocycles. The summed E-state index contributed by atoms with van der Waals surface area (Å²) in [6.45, 7) is 7.38. The summed E-state index contributed by atoms with van der Waals surface area (Å²) in [6, 6.07) is 17.7. The first-order chi connectivity index (χ1) is 22.5. The van der Waals surface area contributed by atoms with Crippen LogP contribution in [0.4, 0.5) is 28.0 Å². The van der Waals surface area contributed by atoms with Crippen molar-refractivity contribution >= 4 is 28.6 Å². The van der Waals surface area contributed by atoms with E-state index in [9.17, 15) is 22.4 Å². The van der Waals surface area contributed by atoms with Crippen LogP contribution in [0.5, 0.6) is 5.75 Å². The number of benzene rings is 3. The topological polar surface area (TPSA) is 84.6 Å². The molecule has 1 unspecified atom stereocenters. The lowest BCUT2D eigenvalue weighted by Gasteiger charge is -2.32. The van der Waals surface area contributed by atoms with Crippen molar-refractivity contribution in [1.29, 1.82) is 0 Å². The second-order valence-corrected chi connectivity index (χ2v) is 12.6. The first-order valence-corrected chi connectivity index (χ1v) is 16.4. The van der Waals surface area contributed by atoms with Gasteiger partial charge < -0.3 is 15.0 Å². The summed E-state index contributed by atoms with van der Waals surface area (Å²) >= 11 is 1.53. The predicted molar refractivity (Wildman–Crippen MR) is 177 cm³/mol. The molecule has 4 aromatic rings. The first kappa shape index (κ1) is 34.0. The molecular weight excluding hydrogens is 632 g/mol. The van der Waals surface area contributed by atoms with Crippen molar-refractivity contribution in [2.45, 2.75) is 58.2 Å². The van der Waals surface area contributed by atoms with Crippen LogP contribution in [0, 0.1) is 5.82 Å². The van der Waals surface area contributed by atoms with E-state index < -0.39 is 6.36 Å². The highest BCUT2D eigenvalue weighted by molar-refractivity contribution is 8.14. The number of nitrogens with zero attached hydrogens (tertiary/aromatic N) is 5. The number of carbonyl (C=O) groups excluding carboxylic acids is 1. The number of anilines is 1. The summed E-state index contributed by atoms with van der Waals surface area (Å²) in [6.07, 6.45) is -0.684. The maximum atomic E-state index is 14.0. The molecule has 1 atom stereocenters. The number of alkyl halides is 3. The van der Waals surface area contributed by atoms with Crippen molar-refractivity contribution in [3.63, 3.8) is 0 Å². The number of ether oxygens (including phenoxy) is 1. The van der Waals surface area contributed by atoms with Gasteiger partial charge in [-0.2, -0.15) is 4.99 Å². The maximum Gasteiger partial charge on any atom is 0.573 e. The van der Waals surface area contributed by atoms with E-state index in [1.54, 1.807) is 12.1 Å². The summed E-state index contributed by atoms with van der Waals surface area (Å²) in [5, 5.41) is 8.00. The minimum atomic E-state index is -4.75. The Hall–Kier alpha value is -4.39. The molecule has 0 saturated carbocycles. The van der Waals surface area contributed by atoms with Crippen LogP contribution >= 0.6 is 11.8 Å². The second kappa shape index (κ2) is 15.0. The molecule has 248 valence electrons. The number of thioether (sulfide) groups is 1. The fourth-order valence-electron chi connectivity index (χ4n) is 5.29. The molecule has 1 N–H and O–H groups in total. The van der Waals surface area contributed by atoms with Gasteiger partial charge >= 0.3 is 12.4 Å². The molecule has 0 aliphatic carbocycles. The Morgan fingerprint density at radius 2 is 1.81 bits per heavy atom. The number of hydrogen-bond donors (Lipinski definition) is 1. The monoisotopic (exact) mass is 668 g/mol. The average molecular weight is 669 g/mol. The molecule has 13 heteroatoms. The molecule has 1 fully saturated rings. The molecule has 1 aliphatic heterocycles. The van der Waals surface area contributed by atoms with Crippen LogP contribution < -0.4 is 15.0 Å². The number of rotatable bonds is 10. The van der Waals surface area contributed by atoms with Crippen LogP contribution in [0.2, 0.25) is 0 Å². The largest absolute Gasteiger partial charge is 0.573 e. The highest BCUT2D eigenvalue weighted by Crippen LogP contribution is 2.33. The zero-order valence-corrected chi connectivity index (χ0v) is 27.1. The number of halogens is 4. The third-order valence-corrected chi connectivity index (χ3v) is 8.81. The Morgan fingerprint density at radius 1 is 1.06 bits per heavy atom. The summed E-state index contributed by atoms with van der Waals surface area (Å²) in [7, 11) is 0. The number of nitrogens with one attached hydrogen (secondary N) is 1. The van der Waals surface area contributed by atoms with Gasteiger partial charge in [0, 0.05) is 30.1 Å². The SMILES string of the molecule is CC(C)c1cc(F)ccc1N1CCCSC1=NC(=O)NCCCC(C)c1ccc(-c2ncn(-c3ccc(OC(F)(F)F)cc3)n2)cc1. The van der Waals surface area contributed by atoms with Gasteiger partial charge in [-0.3, -0.25) is 0 Å². The van der Waals surface area contributed by atoms with Gasteiger partial charge in [0.05, 0.1) is 5.69 Å². The first-order valence-electron chi connectivity index (χ1n) is 15.4. The lowest BCUT2D eigenvalue weighted by Crippen LogP contribution is -2.36. The van der Waals surface area contributed by atoms with E-state index in [1.807, 2.05) is 43.0 Å². The van der Waals surface area contributed by atoms with Gasteiger partial charge in [-0.05, 0) is 84.7 Å². The van der Waals surface area contributed by atoms with E-state index in [1.165, 1.54) is 53.1 Å². The van der Waals surface area contributed by atoms with Crippen LogP contribution in [-0.4, -0.2) is 51.2 Å². The van der Waals surface area contributed by atoms with Crippen LogP contribution in [0.15, 0.2) is 78.0 Å². The number of amides is 2. The van der Waals surface area contributed by atoms with Crippen LogP contribution in [0.1, 0.15) is 63.0 Å². The van der Waals surface area contributed by atoms with Crippen molar-refractivity contribution in [2.75, 3.05) is 23.7 Å². The number of hydrogen-bond acceptors (Lipinski definition) is 5.